The Morgan fingerprint density at radius 1 is 1.04 bits per heavy atom. The number of fused-ring (bicyclic) bond motifs is 1. The van der Waals surface area contributed by atoms with Crippen molar-refractivity contribution in [3.63, 3.8) is 0 Å². The average molecular weight is 320 g/mol. The van der Waals surface area contributed by atoms with E-state index in [4.69, 9.17) is 0 Å². The van der Waals surface area contributed by atoms with Gasteiger partial charge in [0.25, 0.3) is 5.91 Å². The van der Waals surface area contributed by atoms with Crippen LogP contribution < -0.4 is 5.49 Å². The van der Waals surface area contributed by atoms with Crippen LogP contribution in [0, 0.1) is 13.8 Å². The van der Waals surface area contributed by atoms with Crippen molar-refractivity contribution in [2.24, 2.45) is 4.99 Å². The van der Waals surface area contributed by atoms with E-state index in [0.717, 1.165) is 22.4 Å². The third-order valence-electron chi connectivity index (χ3n) is 3.77. The first-order valence-electron chi connectivity index (χ1n) is 7.97. The molecule has 5 heteroatoms. The molecule has 0 bridgehead atoms. The first-order chi connectivity index (χ1) is 11.5. The van der Waals surface area contributed by atoms with Crippen LogP contribution in [0.15, 0.2) is 47.6 Å². The van der Waals surface area contributed by atoms with E-state index in [1.807, 2.05) is 52.0 Å². The molecule has 1 aromatic carbocycles. The van der Waals surface area contributed by atoms with Crippen molar-refractivity contribution in [3.05, 3.63) is 65.0 Å². The zero-order chi connectivity index (χ0) is 17.3. The minimum atomic E-state index is -0.128. The Hall–Kier alpha value is -2.82. The number of aromatic nitrogens is 3. The van der Waals surface area contributed by atoms with Crippen LogP contribution in [0.25, 0.3) is 11.0 Å². The minimum Gasteiger partial charge on any atom is -0.268 e. The van der Waals surface area contributed by atoms with Crippen molar-refractivity contribution in [2.45, 2.75) is 33.7 Å². The van der Waals surface area contributed by atoms with Gasteiger partial charge in [-0.2, -0.15) is 0 Å². The van der Waals surface area contributed by atoms with Gasteiger partial charge in [-0.3, -0.25) is 14.4 Å². The number of pyridine rings is 1. The largest absolute Gasteiger partial charge is 0.268 e. The lowest BCUT2D eigenvalue weighted by Crippen LogP contribution is -2.28. The molecule has 0 fully saturated rings. The summed E-state index contributed by atoms with van der Waals surface area (Å²) < 4.78 is 1.57. The van der Waals surface area contributed by atoms with Gasteiger partial charge in [0.2, 0.25) is 0 Å². The third-order valence-corrected chi connectivity index (χ3v) is 3.77. The van der Waals surface area contributed by atoms with Gasteiger partial charge in [-0.05, 0) is 58.0 Å². The van der Waals surface area contributed by atoms with Crippen LogP contribution in [0.2, 0.25) is 0 Å². The highest BCUT2D eigenvalue weighted by Gasteiger charge is 2.11. The molecule has 2 aromatic heterocycles. The summed E-state index contributed by atoms with van der Waals surface area (Å²) in [6, 6.07) is 11.1. The van der Waals surface area contributed by atoms with E-state index < -0.39 is 0 Å². The normalized spacial score (nSPS) is 12.1. The number of hydrogen-bond acceptors (Lipinski definition) is 4. The van der Waals surface area contributed by atoms with Gasteiger partial charge in [0.1, 0.15) is 5.49 Å². The quantitative estimate of drug-likeness (QED) is 0.729. The second kappa shape index (κ2) is 6.35. The van der Waals surface area contributed by atoms with Gasteiger partial charge >= 0.3 is 0 Å². The molecule has 3 aromatic rings. The number of rotatable bonds is 2. The predicted molar refractivity (Wildman–Crippen MR) is 93.9 cm³/mol. The van der Waals surface area contributed by atoms with Gasteiger partial charge in [-0.15, -0.1) is 0 Å². The SMILES string of the molecule is Cc1nc2ccc(C(=O)n3ccccc3=NC(C)C)cc2nc1C. The zero-order valence-corrected chi connectivity index (χ0v) is 14.3. The van der Waals surface area contributed by atoms with Crippen LogP contribution in [0.3, 0.4) is 0 Å². The van der Waals surface area contributed by atoms with Gasteiger partial charge in [0, 0.05) is 17.8 Å². The molecule has 5 nitrogen and oxygen atoms in total. The van der Waals surface area contributed by atoms with E-state index in [9.17, 15) is 4.79 Å². The average Bonchev–Trinajstić information content (AvgIpc) is 2.55. The van der Waals surface area contributed by atoms with Crippen molar-refractivity contribution in [1.82, 2.24) is 14.5 Å². The highest BCUT2D eigenvalue weighted by Crippen LogP contribution is 2.15. The summed E-state index contributed by atoms with van der Waals surface area (Å²) in [5.41, 5.74) is 4.50. The molecule has 24 heavy (non-hydrogen) atoms. The van der Waals surface area contributed by atoms with E-state index in [1.165, 1.54) is 0 Å². The smallest absolute Gasteiger partial charge is 0.263 e. The van der Waals surface area contributed by atoms with E-state index in [0.29, 0.717) is 11.1 Å². The number of carbonyl (C=O) groups excluding carboxylic acids is 1. The molecule has 0 aliphatic rings. The van der Waals surface area contributed by atoms with Gasteiger partial charge < -0.3 is 0 Å². The molecule has 0 saturated heterocycles. The zero-order valence-electron chi connectivity index (χ0n) is 14.3. The van der Waals surface area contributed by atoms with Crippen molar-refractivity contribution in [2.75, 3.05) is 0 Å². The maximum atomic E-state index is 12.9. The summed E-state index contributed by atoms with van der Waals surface area (Å²) in [6.45, 7) is 7.82. The molecule has 122 valence electrons. The van der Waals surface area contributed by atoms with Crippen LogP contribution in [-0.4, -0.2) is 26.5 Å². The fourth-order valence-corrected chi connectivity index (χ4v) is 2.48. The maximum Gasteiger partial charge on any atom is 0.263 e. The number of aryl methyl sites for hydroxylation is 2. The lowest BCUT2D eigenvalue weighted by molar-refractivity contribution is 0.0954. The Bertz CT molecular complexity index is 986. The lowest BCUT2D eigenvalue weighted by Gasteiger charge is -2.08. The Kier molecular flexibility index (Phi) is 4.25. The second-order valence-corrected chi connectivity index (χ2v) is 6.05. The summed E-state index contributed by atoms with van der Waals surface area (Å²) in [6.07, 6.45) is 1.74. The minimum absolute atomic E-state index is 0.111. The van der Waals surface area contributed by atoms with Crippen molar-refractivity contribution in [1.29, 1.82) is 0 Å². The van der Waals surface area contributed by atoms with E-state index in [1.54, 1.807) is 22.9 Å². The predicted octanol–water partition coefficient (Wildman–Crippen LogP) is 3.05. The molecule has 0 spiro atoms. The molecule has 0 aliphatic heterocycles. The van der Waals surface area contributed by atoms with Gasteiger partial charge in [-0.25, -0.2) is 9.97 Å². The van der Waals surface area contributed by atoms with Crippen LogP contribution in [0.5, 0.6) is 0 Å². The molecule has 0 aliphatic carbocycles. The van der Waals surface area contributed by atoms with Crippen LogP contribution in [0.4, 0.5) is 0 Å². The molecule has 0 radical (unpaired) electrons. The van der Waals surface area contributed by atoms with Crippen molar-refractivity contribution < 1.29 is 4.79 Å². The second-order valence-electron chi connectivity index (χ2n) is 6.05. The Morgan fingerprint density at radius 2 is 1.75 bits per heavy atom. The monoisotopic (exact) mass is 320 g/mol. The lowest BCUT2D eigenvalue weighted by atomic mass is 10.1. The van der Waals surface area contributed by atoms with Crippen LogP contribution >= 0.6 is 0 Å². The Balaban J connectivity index is 2.11. The van der Waals surface area contributed by atoms with Crippen LogP contribution in [0.1, 0.15) is 35.6 Å². The molecule has 0 atom stereocenters. The number of benzene rings is 1. The highest BCUT2D eigenvalue weighted by molar-refractivity contribution is 5.98. The van der Waals surface area contributed by atoms with Gasteiger partial charge in [0.05, 0.1) is 22.4 Å². The first kappa shape index (κ1) is 16.1. The van der Waals surface area contributed by atoms with E-state index in [2.05, 4.69) is 15.0 Å². The molecular weight excluding hydrogens is 300 g/mol. The third kappa shape index (κ3) is 3.11. The summed E-state index contributed by atoms with van der Waals surface area (Å²) in [7, 11) is 0. The van der Waals surface area contributed by atoms with Crippen LogP contribution in [-0.2, 0) is 0 Å². The standard InChI is InChI=1S/C19H20N4O/c1-12(2)20-18-7-5-6-10-23(18)19(24)15-8-9-16-17(11-15)22-14(4)13(3)21-16/h5-12H,1-4H3. The fourth-order valence-electron chi connectivity index (χ4n) is 2.48. The maximum absolute atomic E-state index is 12.9. The molecular formula is C19H20N4O. The van der Waals surface area contributed by atoms with Crippen molar-refractivity contribution in [3.8, 4) is 0 Å². The molecule has 0 amide bonds. The highest BCUT2D eigenvalue weighted by atomic mass is 16.2. The Morgan fingerprint density at radius 3 is 2.46 bits per heavy atom. The molecule has 0 saturated carbocycles. The van der Waals surface area contributed by atoms with Gasteiger partial charge in [0.15, 0.2) is 0 Å². The Labute approximate surface area is 140 Å². The van der Waals surface area contributed by atoms with E-state index >= 15 is 0 Å². The first-order valence-corrected chi connectivity index (χ1v) is 7.97. The fraction of sp³-hybridized carbons (Fsp3) is 0.263. The number of nitrogens with zero attached hydrogens (tertiary/aromatic N) is 4. The molecule has 0 N–H and O–H groups in total. The molecule has 3 rings (SSSR count). The number of carbonyl (C=O) groups is 1. The van der Waals surface area contributed by atoms with E-state index in [-0.39, 0.29) is 11.9 Å². The summed E-state index contributed by atoms with van der Waals surface area (Å²) in [5, 5.41) is 0. The van der Waals surface area contributed by atoms with Gasteiger partial charge in [-0.1, -0.05) is 6.07 Å². The summed E-state index contributed by atoms with van der Waals surface area (Å²) in [4.78, 5) is 26.4. The summed E-state index contributed by atoms with van der Waals surface area (Å²) >= 11 is 0. The molecule has 2 heterocycles. The number of hydrogen-bond donors (Lipinski definition) is 0. The molecule has 0 unspecified atom stereocenters. The topological polar surface area (TPSA) is 60.1 Å². The van der Waals surface area contributed by atoms with Crippen molar-refractivity contribution >= 4 is 16.9 Å². The summed E-state index contributed by atoms with van der Waals surface area (Å²) in [5.74, 6) is -0.128.